The van der Waals surface area contributed by atoms with Gasteiger partial charge in [-0.1, -0.05) is 0 Å². The zero-order valence-corrected chi connectivity index (χ0v) is 13.0. The number of esters is 1. The molecule has 0 bridgehead atoms. The van der Waals surface area contributed by atoms with Crippen molar-refractivity contribution in [3.63, 3.8) is 0 Å². The van der Waals surface area contributed by atoms with Crippen molar-refractivity contribution in [3.05, 3.63) is 21.0 Å². The second kappa shape index (κ2) is 6.87. The number of halogens is 7. The molecule has 0 spiro atoms. The lowest BCUT2D eigenvalue weighted by Gasteiger charge is -2.18. The van der Waals surface area contributed by atoms with E-state index in [4.69, 9.17) is 0 Å². The quantitative estimate of drug-likeness (QED) is 0.308. The van der Waals surface area contributed by atoms with E-state index in [1.54, 1.807) is 0 Å². The molecule has 1 aromatic rings. The van der Waals surface area contributed by atoms with E-state index < -0.39 is 45.5 Å². The van der Waals surface area contributed by atoms with Gasteiger partial charge >= 0.3 is 18.5 Å². The van der Waals surface area contributed by atoms with Crippen LogP contribution in [0.25, 0.3) is 0 Å². The summed E-state index contributed by atoms with van der Waals surface area (Å²) in [6.07, 6.45) is -10.8. The summed E-state index contributed by atoms with van der Waals surface area (Å²) in [6, 6.07) is 0. The molecule has 0 unspecified atom stereocenters. The Morgan fingerprint density at radius 3 is 2.32 bits per heavy atom. The Kier molecular flexibility index (Phi) is 5.87. The minimum absolute atomic E-state index is 0.127. The fourth-order valence-corrected chi connectivity index (χ4v) is 2.31. The van der Waals surface area contributed by atoms with Gasteiger partial charge in [0.05, 0.1) is 24.8 Å². The van der Waals surface area contributed by atoms with Crippen LogP contribution >= 0.6 is 22.6 Å². The summed E-state index contributed by atoms with van der Waals surface area (Å²) in [4.78, 5) is 14.6. The molecule has 0 N–H and O–H groups in total. The molecule has 11 heteroatoms. The number of carbonyl (C=O) groups is 1. The van der Waals surface area contributed by atoms with Gasteiger partial charge in [0.15, 0.2) is 5.75 Å². The number of carbonyl (C=O) groups excluding carboxylic acids is 1. The van der Waals surface area contributed by atoms with Crippen LogP contribution in [0, 0.1) is 3.70 Å². The number of hydrogen-bond acceptors (Lipinski definition) is 4. The molecule has 1 aromatic heterocycles. The minimum atomic E-state index is -5.22. The summed E-state index contributed by atoms with van der Waals surface area (Å²) in [7, 11) is 0. The van der Waals surface area contributed by atoms with Crippen LogP contribution in [0.4, 0.5) is 26.3 Å². The number of rotatable bonds is 4. The van der Waals surface area contributed by atoms with Gasteiger partial charge < -0.3 is 9.47 Å². The van der Waals surface area contributed by atoms with E-state index in [-0.39, 0.29) is 6.61 Å². The van der Waals surface area contributed by atoms with Crippen molar-refractivity contribution < 1.29 is 40.6 Å². The molecule has 0 saturated heterocycles. The van der Waals surface area contributed by atoms with E-state index >= 15 is 0 Å². The summed E-state index contributed by atoms with van der Waals surface area (Å²) in [5.74, 6) is -2.30. The molecule has 0 aliphatic rings. The first-order valence-electron chi connectivity index (χ1n) is 5.61. The van der Waals surface area contributed by atoms with E-state index in [0.717, 1.165) is 0 Å². The molecule has 0 saturated carbocycles. The smallest absolute Gasteiger partial charge is 0.466 e. The number of nitrogens with zero attached hydrogens (tertiary/aromatic N) is 1. The third-order valence-corrected chi connectivity index (χ3v) is 3.05. The standard InChI is InChI=1S/C11H8F6INO3/c1-2-21-7(20)3-5-6(22-11(15,16)17)4-19-9(18)8(5)10(12,13)14/h4H,2-3H2,1H3. The largest absolute Gasteiger partial charge is 0.573 e. The topological polar surface area (TPSA) is 48.4 Å². The Labute approximate surface area is 133 Å². The van der Waals surface area contributed by atoms with Crippen molar-refractivity contribution in [1.82, 2.24) is 4.98 Å². The molecule has 0 aliphatic carbocycles. The van der Waals surface area contributed by atoms with Gasteiger partial charge in [0.1, 0.15) is 3.70 Å². The molecule has 124 valence electrons. The predicted molar refractivity (Wildman–Crippen MR) is 69.0 cm³/mol. The lowest BCUT2D eigenvalue weighted by atomic mass is 10.1. The van der Waals surface area contributed by atoms with Gasteiger partial charge in [0.2, 0.25) is 0 Å². The van der Waals surface area contributed by atoms with Crippen LogP contribution in [0.15, 0.2) is 6.20 Å². The molecule has 0 aromatic carbocycles. The number of alkyl halides is 6. The summed E-state index contributed by atoms with van der Waals surface area (Å²) >= 11 is 1.21. The number of ether oxygens (including phenoxy) is 2. The van der Waals surface area contributed by atoms with Crippen molar-refractivity contribution in [2.75, 3.05) is 6.61 Å². The van der Waals surface area contributed by atoms with E-state index in [9.17, 15) is 31.1 Å². The summed E-state index contributed by atoms with van der Waals surface area (Å²) < 4.78 is 83.3. The van der Waals surface area contributed by atoms with Gasteiger partial charge in [-0.25, -0.2) is 4.98 Å². The maximum atomic E-state index is 13.0. The Balaban J connectivity index is 3.42. The van der Waals surface area contributed by atoms with Gasteiger partial charge in [0.25, 0.3) is 0 Å². The first-order valence-corrected chi connectivity index (χ1v) is 6.69. The molecule has 0 amide bonds. The number of hydrogen-bond donors (Lipinski definition) is 0. The van der Waals surface area contributed by atoms with E-state index in [1.807, 2.05) is 0 Å². The third-order valence-electron chi connectivity index (χ3n) is 2.24. The Hall–Kier alpha value is -1.27. The highest BCUT2D eigenvalue weighted by Crippen LogP contribution is 2.39. The molecular weight excluding hydrogens is 435 g/mol. The lowest BCUT2D eigenvalue weighted by molar-refractivity contribution is -0.275. The van der Waals surface area contributed by atoms with Crippen LogP contribution in [0.2, 0.25) is 0 Å². The number of pyridine rings is 1. The fourth-order valence-electron chi connectivity index (χ4n) is 1.54. The molecule has 1 rings (SSSR count). The van der Waals surface area contributed by atoms with Gasteiger partial charge in [-0.3, -0.25) is 4.79 Å². The molecule has 0 aliphatic heterocycles. The Morgan fingerprint density at radius 1 is 1.27 bits per heavy atom. The van der Waals surface area contributed by atoms with Crippen LogP contribution in [-0.2, 0) is 22.1 Å². The van der Waals surface area contributed by atoms with Crippen LogP contribution in [0.3, 0.4) is 0 Å². The van der Waals surface area contributed by atoms with Crippen molar-refractivity contribution in [1.29, 1.82) is 0 Å². The van der Waals surface area contributed by atoms with Gasteiger partial charge in [-0.2, -0.15) is 13.2 Å². The van der Waals surface area contributed by atoms with Crippen LogP contribution in [0.1, 0.15) is 18.1 Å². The fraction of sp³-hybridized carbons (Fsp3) is 0.455. The monoisotopic (exact) mass is 443 g/mol. The molecule has 1 heterocycles. The molecular formula is C11H8F6INO3. The van der Waals surface area contributed by atoms with Gasteiger partial charge in [-0.05, 0) is 29.5 Å². The van der Waals surface area contributed by atoms with Crippen molar-refractivity contribution in [2.24, 2.45) is 0 Å². The molecule has 0 atom stereocenters. The van der Waals surface area contributed by atoms with Crippen LogP contribution in [0.5, 0.6) is 5.75 Å². The average Bonchev–Trinajstić information content (AvgIpc) is 2.29. The molecule has 0 fully saturated rings. The zero-order valence-electron chi connectivity index (χ0n) is 10.8. The normalized spacial score (nSPS) is 12.2. The molecule has 4 nitrogen and oxygen atoms in total. The van der Waals surface area contributed by atoms with Crippen LogP contribution in [-0.4, -0.2) is 23.9 Å². The summed E-state index contributed by atoms with van der Waals surface area (Å²) in [6.45, 7) is 1.28. The second-order valence-electron chi connectivity index (χ2n) is 3.79. The zero-order chi connectivity index (χ0) is 17.1. The highest BCUT2D eigenvalue weighted by molar-refractivity contribution is 14.1. The van der Waals surface area contributed by atoms with Crippen LogP contribution < -0.4 is 4.74 Å². The van der Waals surface area contributed by atoms with E-state index in [1.165, 1.54) is 29.5 Å². The van der Waals surface area contributed by atoms with Crippen molar-refractivity contribution >= 4 is 28.6 Å². The Morgan fingerprint density at radius 2 is 1.86 bits per heavy atom. The first kappa shape index (κ1) is 18.8. The maximum absolute atomic E-state index is 13.0. The lowest BCUT2D eigenvalue weighted by Crippen LogP contribution is -2.23. The molecule has 0 radical (unpaired) electrons. The van der Waals surface area contributed by atoms with Crippen molar-refractivity contribution in [3.8, 4) is 5.75 Å². The third kappa shape index (κ3) is 5.18. The minimum Gasteiger partial charge on any atom is -0.466 e. The summed E-state index contributed by atoms with van der Waals surface area (Å²) in [5, 5.41) is 0. The maximum Gasteiger partial charge on any atom is 0.573 e. The first-order chi connectivity index (χ1) is 9.95. The highest BCUT2D eigenvalue weighted by atomic mass is 127. The second-order valence-corrected chi connectivity index (χ2v) is 4.82. The highest BCUT2D eigenvalue weighted by Gasteiger charge is 2.41. The van der Waals surface area contributed by atoms with Gasteiger partial charge in [-0.15, -0.1) is 13.2 Å². The number of aromatic nitrogens is 1. The van der Waals surface area contributed by atoms with E-state index in [0.29, 0.717) is 6.20 Å². The molecule has 22 heavy (non-hydrogen) atoms. The predicted octanol–water partition coefficient (Wildman–Crippen LogP) is 3.71. The van der Waals surface area contributed by atoms with E-state index in [2.05, 4.69) is 14.5 Å². The van der Waals surface area contributed by atoms with Crippen molar-refractivity contribution in [2.45, 2.75) is 25.9 Å². The van der Waals surface area contributed by atoms with Gasteiger partial charge in [0, 0.05) is 5.56 Å². The summed E-state index contributed by atoms with van der Waals surface area (Å²) in [5.41, 5.74) is -2.43. The Bertz CT molecular complexity index is 558. The average molecular weight is 443 g/mol. The SMILES string of the molecule is CCOC(=O)Cc1c(OC(F)(F)F)cnc(I)c1C(F)(F)F.